The van der Waals surface area contributed by atoms with Crippen molar-refractivity contribution in [3.63, 3.8) is 0 Å². The molecule has 2 atom stereocenters. The van der Waals surface area contributed by atoms with Gasteiger partial charge in [0, 0.05) is 38.8 Å². The number of methoxy groups -OCH3 is 1. The number of guanidine groups is 1. The first kappa shape index (κ1) is 22.5. The topological polar surface area (TPSA) is 66.0 Å². The lowest BCUT2D eigenvalue weighted by Crippen LogP contribution is -2.49. The minimum absolute atomic E-state index is 0. The van der Waals surface area contributed by atoms with Crippen molar-refractivity contribution in [2.45, 2.75) is 20.3 Å². The number of piperidine rings is 1. The molecule has 1 heterocycles. The third-order valence-corrected chi connectivity index (χ3v) is 4.43. The van der Waals surface area contributed by atoms with E-state index in [0.29, 0.717) is 30.5 Å². The number of hydrogen-bond acceptors (Lipinski definition) is 3. The fourth-order valence-electron chi connectivity index (χ4n) is 3.36. The monoisotopic (exact) mass is 474 g/mol. The summed E-state index contributed by atoms with van der Waals surface area (Å²) in [5, 5.41) is 6.27. The van der Waals surface area contributed by atoms with Gasteiger partial charge in [0.15, 0.2) is 5.96 Å². The van der Waals surface area contributed by atoms with Gasteiger partial charge in [-0.25, -0.2) is 0 Å². The van der Waals surface area contributed by atoms with Crippen molar-refractivity contribution < 1.29 is 9.53 Å². The van der Waals surface area contributed by atoms with Gasteiger partial charge in [-0.15, -0.1) is 24.0 Å². The van der Waals surface area contributed by atoms with Crippen LogP contribution in [0.25, 0.3) is 0 Å². The molecule has 146 valence electrons. The van der Waals surface area contributed by atoms with Crippen LogP contribution >= 0.6 is 24.0 Å². The maximum Gasteiger partial charge on any atom is 0.251 e. The highest BCUT2D eigenvalue weighted by molar-refractivity contribution is 14.0. The third-order valence-electron chi connectivity index (χ3n) is 4.43. The van der Waals surface area contributed by atoms with Gasteiger partial charge in [0.05, 0.1) is 7.11 Å². The van der Waals surface area contributed by atoms with E-state index in [0.717, 1.165) is 24.8 Å². The summed E-state index contributed by atoms with van der Waals surface area (Å²) < 4.78 is 5.10. The molecule has 1 aromatic carbocycles. The summed E-state index contributed by atoms with van der Waals surface area (Å²) in [4.78, 5) is 18.8. The Morgan fingerprint density at radius 1 is 1.15 bits per heavy atom. The van der Waals surface area contributed by atoms with E-state index in [-0.39, 0.29) is 29.9 Å². The first-order valence-electron chi connectivity index (χ1n) is 8.91. The van der Waals surface area contributed by atoms with Crippen LogP contribution in [-0.2, 0) is 0 Å². The van der Waals surface area contributed by atoms with Crippen LogP contribution in [0.15, 0.2) is 29.3 Å². The van der Waals surface area contributed by atoms with Crippen LogP contribution in [0.1, 0.15) is 30.6 Å². The zero-order valence-electron chi connectivity index (χ0n) is 16.1. The number of nitrogens with zero attached hydrogens (tertiary/aromatic N) is 2. The molecule has 1 aliphatic rings. The first-order chi connectivity index (χ1) is 12.0. The van der Waals surface area contributed by atoms with Gasteiger partial charge in [0.1, 0.15) is 5.75 Å². The summed E-state index contributed by atoms with van der Waals surface area (Å²) in [5.74, 6) is 2.93. The quantitative estimate of drug-likeness (QED) is 0.298. The molecule has 1 aromatic rings. The van der Waals surface area contributed by atoms with Gasteiger partial charge in [-0.1, -0.05) is 13.8 Å². The smallest absolute Gasteiger partial charge is 0.251 e. The maximum atomic E-state index is 12.1. The number of aliphatic imine (C=N–C) groups is 1. The molecule has 2 rings (SSSR count). The molecule has 0 radical (unpaired) electrons. The predicted octanol–water partition coefficient (Wildman–Crippen LogP) is 2.60. The zero-order valence-corrected chi connectivity index (χ0v) is 18.4. The molecule has 1 aliphatic heterocycles. The Morgan fingerprint density at radius 2 is 1.73 bits per heavy atom. The molecule has 0 spiro atoms. The van der Waals surface area contributed by atoms with Gasteiger partial charge in [0.25, 0.3) is 5.91 Å². The number of halogens is 1. The van der Waals surface area contributed by atoms with Crippen LogP contribution in [-0.4, -0.2) is 57.1 Å². The van der Waals surface area contributed by atoms with Crippen molar-refractivity contribution in [3.8, 4) is 5.75 Å². The van der Waals surface area contributed by atoms with E-state index in [9.17, 15) is 4.79 Å². The van der Waals surface area contributed by atoms with E-state index >= 15 is 0 Å². The van der Waals surface area contributed by atoms with Gasteiger partial charge < -0.3 is 20.3 Å². The van der Waals surface area contributed by atoms with Crippen molar-refractivity contribution in [3.05, 3.63) is 29.8 Å². The van der Waals surface area contributed by atoms with Crippen LogP contribution in [0.5, 0.6) is 5.75 Å². The van der Waals surface area contributed by atoms with Crippen LogP contribution in [0.2, 0.25) is 0 Å². The number of carbonyl (C=O) groups excluding carboxylic acids is 1. The average Bonchev–Trinajstić information content (AvgIpc) is 2.60. The van der Waals surface area contributed by atoms with Gasteiger partial charge in [-0.2, -0.15) is 0 Å². The Hall–Kier alpha value is -1.51. The Morgan fingerprint density at radius 3 is 2.27 bits per heavy atom. The molecule has 1 fully saturated rings. The molecule has 1 saturated heterocycles. The van der Waals surface area contributed by atoms with E-state index in [1.54, 1.807) is 31.4 Å². The second-order valence-electron chi connectivity index (χ2n) is 6.81. The minimum Gasteiger partial charge on any atom is -0.497 e. The van der Waals surface area contributed by atoms with Crippen LogP contribution < -0.4 is 15.4 Å². The van der Waals surface area contributed by atoms with E-state index in [1.165, 1.54) is 6.42 Å². The van der Waals surface area contributed by atoms with Gasteiger partial charge in [0.2, 0.25) is 0 Å². The van der Waals surface area contributed by atoms with E-state index in [2.05, 4.69) is 34.4 Å². The molecule has 0 aliphatic carbocycles. The molecule has 6 nitrogen and oxygen atoms in total. The standard InChI is InChI=1S/C19H30N4O2.HI/c1-14-11-15(2)13-23(12-14)19(20-3)22-10-9-21-18(24)16-5-7-17(25-4)8-6-16;/h5-8,14-15H,9-13H2,1-4H3,(H,20,22)(H,21,24);1H. The van der Waals surface area contributed by atoms with Crippen LogP contribution in [0.4, 0.5) is 0 Å². The Bertz CT molecular complexity index is 582. The maximum absolute atomic E-state index is 12.1. The summed E-state index contributed by atoms with van der Waals surface area (Å²) in [7, 11) is 3.42. The van der Waals surface area contributed by atoms with Crippen molar-refractivity contribution in [1.29, 1.82) is 0 Å². The van der Waals surface area contributed by atoms with Crippen molar-refractivity contribution >= 4 is 35.8 Å². The van der Waals surface area contributed by atoms with Crippen molar-refractivity contribution in [1.82, 2.24) is 15.5 Å². The van der Waals surface area contributed by atoms with E-state index in [4.69, 9.17) is 4.74 Å². The molecular formula is C19H31IN4O2. The number of rotatable bonds is 5. The molecule has 1 amide bonds. The Labute approximate surface area is 173 Å². The molecule has 26 heavy (non-hydrogen) atoms. The molecule has 2 unspecified atom stereocenters. The van der Waals surface area contributed by atoms with Crippen molar-refractivity contribution in [2.75, 3.05) is 40.3 Å². The number of likely N-dealkylation sites (tertiary alicyclic amines) is 1. The lowest BCUT2D eigenvalue weighted by atomic mass is 9.92. The number of amides is 1. The summed E-state index contributed by atoms with van der Waals surface area (Å²) >= 11 is 0. The second-order valence-corrected chi connectivity index (χ2v) is 6.81. The van der Waals surface area contributed by atoms with E-state index in [1.807, 2.05) is 7.05 Å². The van der Waals surface area contributed by atoms with Crippen LogP contribution in [0, 0.1) is 11.8 Å². The fourth-order valence-corrected chi connectivity index (χ4v) is 3.36. The van der Waals surface area contributed by atoms with Gasteiger partial charge in [-0.05, 0) is 42.5 Å². The second kappa shape index (κ2) is 11.3. The fraction of sp³-hybridized carbons (Fsp3) is 0.579. The summed E-state index contributed by atoms with van der Waals surface area (Å²) in [6, 6.07) is 7.09. The Kier molecular flexibility index (Phi) is 9.75. The normalized spacial score (nSPS) is 20.2. The molecule has 0 aromatic heterocycles. The van der Waals surface area contributed by atoms with E-state index < -0.39 is 0 Å². The summed E-state index contributed by atoms with van der Waals surface area (Å²) in [6.07, 6.45) is 1.27. The molecule has 0 bridgehead atoms. The molecule has 7 heteroatoms. The van der Waals surface area contributed by atoms with Gasteiger partial charge in [-0.3, -0.25) is 9.79 Å². The molecular weight excluding hydrogens is 443 g/mol. The third kappa shape index (κ3) is 6.66. The lowest BCUT2D eigenvalue weighted by molar-refractivity contribution is 0.0954. The zero-order chi connectivity index (χ0) is 18.2. The number of benzene rings is 1. The number of nitrogens with one attached hydrogen (secondary N) is 2. The molecule has 0 saturated carbocycles. The summed E-state index contributed by atoms with van der Waals surface area (Å²) in [5.41, 5.74) is 0.629. The highest BCUT2D eigenvalue weighted by Gasteiger charge is 2.23. The predicted molar refractivity (Wildman–Crippen MR) is 117 cm³/mol. The van der Waals surface area contributed by atoms with Crippen molar-refractivity contribution in [2.24, 2.45) is 16.8 Å². The van der Waals surface area contributed by atoms with Gasteiger partial charge >= 0.3 is 0 Å². The number of hydrogen-bond donors (Lipinski definition) is 2. The lowest BCUT2D eigenvalue weighted by Gasteiger charge is -2.37. The van der Waals surface area contributed by atoms with Crippen LogP contribution in [0.3, 0.4) is 0 Å². The highest BCUT2D eigenvalue weighted by atomic mass is 127. The number of carbonyl (C=O) groups is 1. The number of ether oxygens (including phenoxy) is 1. The average molecular weight is 474 g/mol. The Balaban J connectivity index is 0.00000338. The SMILES string of the molecule is CN=C(NCCNC(=O)c1ccc(OC)cc1)N1CC(C)CC(C)C1.I. The summed E-state index contributed by atoms with van der Waals surface area (Å²) in [6.45, 7) is 7.82. The largest absolute Gasteiger partial charge is 0.497 e. The minimum atomic E-state index is -0.0837. The first-order valence-corrected chi connectivity index (χ1v) is 8.91. The molecule has 2 N–H and O–H groups in total. The highest BCUT2D eigenvalue weighted by Crippen LogP contribution is 2.20.